The Bertz CT molecular complexity index is 806. The monoisotopic (exact) mass is 270 g/mol. The standard InChI is InChI=1S/C13H14N6O/c1-18(10-5-3-2-4-9(10)8-14)12-7-6-11-15-16-13(20)19(11)17-12/h2-7H,8,14H2,1H3,(H,16,20). The summed E-state index contributed by atoms with van der Waals surface area (Å²) in [5.74, 6) is 0.641. The lowest BCUT2D eigenvalue weighted by molar-refractivity contribution is 0.865. The first-order chi connectivity index (χ1) is 9.70. The molecule has 7 heteroatoms. The summed E-state index contributed by atoms with van der Waals surface area (Å²) in [5, 5.41) is 10.5. The van der Waals surface area contributed by atoms with E-state index in [-0.39, 0.29) is 5.69 Å². The highest BCUT2D eigenvalue weighted by atomic mass is 16.2. The molecule has 1 aromatic carbocycles. The molecule has 20 heavy (non-hydrogen) atoms. The van der Waals surface area contributed by atoms with Crippen LogP contribution in [0.2, 0.25) is 0 Å². The number of rotatable bonds is 3. The summed E-state index contributed by atoms with van der Waals surface area (Å²) >= 11 is 0. The highest BCUT2D eigenvalue weighted by Gasteiger charge is 2.11. The highest BCUT2D eigenvalue weighted by molar-refractivity contribution is 5.63. The van der Waals surface area contributed by atoms with E-state index in [0.717, 1.165) is 11.3 Å². The van der Waals surface area contributed by atoms with Crippen molar-refractivity contribution in [1.29, 1.82) is 0 Å². The van der Waals surface area contributed by atoms with E-state index in [9.17, 15) is 4.79 Å². The zero-order chi connectivity index (χ0) is 14.1. The van der Waals surface area contributed by atoms with Crippen LogP contribution in [0.5, 0.6) is 0 Å². The Kier molecular flexibility index (Phi) is 2.96. The van der Waals surface area contributed by atoms with Crippen molar-refractivity contribution in [2.24, 2.45) is 5.73 Å². The molecule has 0 aliphatic rings. The third-order valence-electron chi connectivity index (χ3n) is 3.18. The summed E-state index contributed by atoms with van der Waals surface area (Å²) in [4.78, 5) is 13.4. The molecule has 0 aliphatic carbocycles. The molecule has 0 radical (unpaired) electrons. The van der Waals surface area contributed by atoms with Gasteiger partial charge in [-0.15, -0.1) is 5.10 Å². The van der Waals surface area contributed by atoms with E-state index in [1.54, 1.807) is 6.07 Å². The minimum Gasteiger partial charge on any atom is -0.328 e. The van der Waals surface area contributed by atoms with Gasteiger partial charge >= 0.3 is 5.69 Å². The maximum absolute atomic E-state index is 11.6. The van der Waals surface area contributed by atoms with Crippen LogP contribution >= 0.6 is 0 Å². The van der Waals surface area contributed by atoms with Crippen LogP contribution in [0, 0.1) is 0 Å². The maximum Gasteiger partial charge on any atom is 0.364 e. The van der Waals surface area contributed by atoms with Crippen LogP contribution < -0.4 is 16.3 Å². The molecule has 7 nitrogen and oxygen atoms in total. The van der Waals surface area contributed by atoms with Gasteiger partial charge in [0.15, 0.2) is 11.5 Å². The van der Waals surface area contributed by atoms with Crippen LogP contribution in [-0.2, 0) is 6.54 Å². The minimum absolute atomic E-state index is 0.359. The zero-order valence-electron chi connectivity index (χ0n) is 10.9. The van der Waals surface area contributed by atoms with Crippen molar-refractivity contribution < 1.29 is 0 Å². The number of fused-ring (bicyclic) bond motifs is 1. The van der Waals surface area contributed by atoms with Crippen molar-refractivity contribution in [2.45, 2.75) is 6.54 Å². The molecule has 0 atom stereocenters. The molecule has 0 spiro atoms. The molecule has 0 fully saturated rings. The van der Waals surface area contributed by atoms with E-state index in [2.05, 4.69) is 15.3 Å². The summed E-state index contributed by atoms with van der Waals surface area (Å²) in [5.41, 5.74) is 7.84. The largest absolute Gasteiger partial charge is 0.364 e. The lowest BCUT2D eigenvalue weighted by atomic mass is 10.1. The van der Waals surface area contributed by atoms with Crippen molar-refractivity contribution in [1.82, 2.24) is 19.8 Å². The third-order valence-corrected chi connectivity index (χ3v) is 3.18. The smallest absolute Gasteiger partial charge is 0.328 e. The van der Waals surface area contributed by atoms with Gasteiger partial charge in [-0.05, 0) is 23.8 Å². The number of hydrogen-bond acceptors (Lipinski definition) is 5. The maximum atomic E-state index is 11.6. The molecule has 0 unspecified atom stereocenters. The Morgan fingerprint density at radius 1 is 1.30 bits per heavy atom. The lowest BCUT2D eigenvalue weighted by Gasteiger charge is -2.20. The Hall–Kier alpha value is -2.67. The average Bonchev–Trinajstić information content (AvgIpc) is 2.87. The fraction of sp³-hybridized carbons (Fsp3) is 0.154. The number of nitrogens with one attached hydrogen (secondary N) is 1. The van der Waals surface area contributed by atoms with Crippen LogP contribution in [0.25, 0.3) is 5.65 Å². The van der Waals surface area contributed by atoms with Crippen molar-refractivity contribution in [2.75, 3.05) is 11.9 Å². The first-order valence-electron chi connectivity index (χ1n) is 6.17. The number of aromatic amines is 1. The van der Waals surface area contributed by atoms with E-state index in [1.807, 2.05) is 42.3 Å². The number of para-hydroxylation sites is 1. The van der Waals surface area contributed by atoms with Gasteiger partial charge in [0.1, 0.15) is 0 Å². The third kappa shape index (κ3) is 1.94. The second-order valence-corrected chi connectivity index (χ2v) is 4.38. The van der Waals surface area contributed by atoms with Crippen LogP contribution in [0.1, 0.15) is 5.56 Å². The fourth-order valence-electron chi connectivity index (χ4n) is 2.11. The van der Waals surface area contributed by atoms with Gasteiger partial charge in [-0.25, -0.2) is 9.89 Å². The van der Waals surface area contributed by atoms with Crippen LogP contribution in [0.15, 0.2) is 41.2 Å². The Labute approximate surface area is 114 Å². The first kappa shape index (κ1) is 12.4. The molecule has 3 aromatic rings. The molecule has 0 amide bonds. The molecule has 2 heterocycles. The normalized spacial score (nSPS) is 10.9. The predicted octanol–water partition coefficient (Wildman–Crippen LogP) is 0.644. The summed E-state index contributed by atoms with van der Waals surface area (Å²) in [6, 6.07) is 11.4. The van der Waals surface area contributed by atoms with E-state index >= 15 is 0 Å². The Morgan fingerprint density at radius 3 is 2.90 bits per heavy atom. The van der Waals surface area contributed by atoms with Crippen molar-refractivity contribution in [3.8, 4) is 0 Å². The number of H-pyrrole nitrogens is 1. The van der Waals surface area contributed by atoms with Gasteiger partial charge in [0, 0.05) is 19.3 Å². The van der Waals surface area contributed by atoms with Gasteiger partial charge in [0.25, 0.3) is 0 Å². The van der Waals surface area contributed by atoms with Crippen LogP contribution in [0.4, 0.5) is 11.5 Å². The van der Waals surface area contributed by atoms with E-state index in [0.29, 0.717) is 18.0 Å². The first-order valence-corrected chi connectivity index (χ1v) is 6.17. The molecule has 0 saturated heterocycles. The van der Waals surface area contributed by atoms with Crippen LogP contribution in [0.3, 0.4) is 0 Å². The molecular weight excluding hydrogens is 256 g/mol. The minimum atomic E-state index is -0.359. The average molecular weight is 270 g/mol. The second-order valence-electron chi connectivity index (χ2n) is 4.38. The molecule has 3 N–H and O–H groups in total. The van der Waals surface area contributed by atoms with Crippen LogP contribution in [-0.4, -0.2) is 26.9 Å². The molecule has 0 saturated carbocycles. The van der Waals surface area contributed by atoms with Crippen molar-refractivity contribution >= 4 is 17.2 Å². The summed E-state index contributed by atoms with van der Waals surface area (Å²) in [6.07, 6.45) is 0. The Balaban J connectivity index is 2.09. The number of nitrogens with two attached hydrogens (primary N) is 1. The number of anilines is 2. The molecule has 2 aromatic heterocycles. The number of benzene rings is 1. The quantitative estimate of drug-likeness (QED) is 0.728. The summed E-state index contributed by atoms with van der Waals surface area (Å²) in [7, 11) is 1.88. The summed E-state index contributed by atoms with van der Waals surface area (Å²) < 4.78 is 1.23. The number of hydrogen-bond donors (Lipinski definition) is 2. The second kappa shape index (κ2) is 4.78. The van der Waals surface area contributed by atoms with E-state index in [1.165, 1.54) is 4.52 Å². The van der Waals surface area contributed by atoms with Gasteiger partial charge in [-0.3, -0.25) is 0 Å². The lowest BCUT2D eigenvalue weighted by Crippen LogP contribution is -2.18. The SMILES string of the molecule is CN(c1ccc2n[nH]c(=O)n2n1)c1ccccc1CN. The van der Waals surface area contributed by atoms with Gasteiger partial charge in [-0.2, -0.15) is 9.61 Å². The topological polar surface area (TPSA) is 92.3 Å². The molecule has 102 valence electrons. The summed E-state index contributed by atoms with van der Waals surface area (Å²) in [6.45, 7) is 0.439. The van der Waals surface area contributed by atoms with Crippen molar-refractivity contribution in [3.05, 3.63) is 52.4 Å². The van der Waals surface area contributed by atoms with E-state index < -0.39 is 0 Å². The van der Waals surface area contributed by atoms with Crippen molar-refractivity contribution in [3.63, 3.8) is 0 Å². The van der Waals surface area contributed by atoms with Gasteiger partial charge < -0.3 is 10.6 Å². The predicted molar refractivity (Wildman–Crippen MR) is 76.0 cm³/mol. The van der Waals surface area contributed by atoms with Gasteiger partial charge in [-0.1, -0.05) is 18.2 Å². The number of aromatic nitrogens is 4. The number of nitrogens with zero attached hydrogens (tertiary/aromatic N) is 4. The molecular formula is C13H14N6O. The van der Waals surface area contributed by atoms with E-state index in [4.69, 9.17) is 5.73 Å². The van der Waals surface area contributed by atoms with Gasteiger partial charge in [0.05, 0.1) is 0 Å². The zero-order valence-corrected chi connectivity index (χ0v) is 10.9. The highest BCUT2D eigenvalue weighted by Crippen LogP contribution is 2.24. The molecule has 0 aliphatic heterocycles. The molecule has 3 rings (SSSR count). The Morgan fingerprint density at radius 2 is 2.10 bits per heavy atom. The fourth-order valence-corrected chi connectivity index (χ4v) is 2.11. The van der Waals surface area contributed by atoms with Gasteiger partial charge in [0.2, 0.25) is 0 Å². The molecule has 0 bridgehead atoms.